The van der Waals surface area contributed by atoms with Crippen LogP contribution in [0.25, 0.3) is 0 Å². The Kier molecular flexibility index (Phi) is 4.78. The number of rotatable bonds is 3. The fourth-order valence-electron chi connectivity index (χ4n) is 2.14. The van der Waals surface area contributed by atoms with Gasteiger partial charge in [-0.2, -0.15) is 0 Å². The molecule has 1 aliphatic rings. The van der Waals surface area contributed by atoms with Crippen LogP contribution in [0.3, 0.4) is 0 Å². The molecule has 1 fully saturated rings. The summed E-state index contributed by atoms with van der Waals surface area (Å²) in [6.45, 7) is 2.22. The Morgan fingerprint density at radius 2 is 1.95 bits per heavy atom. The number of benzene rings is 1. The maximum atomic E-state index is 11.9. The highest BCUT2D eigenvalue weighted by Gasteiger charge is 2.38. The quantitative estimate of drug-likeness (QED) is 0.628. The second-order valence-electron chi connectivity index (χ2n) is 4.37. The number of anilines is 1. The van der Waals surface area contributed by atoms with E-state index in [9.17, 15) is 9.59 Å². The van der Waals surface area contributed by atoms with Crippen LogP contribution in [-0.2, 0) is 14.3 Å². The third-order valence-electron chi connectivity index (χ3n) is 3.01. The lowest BCUT2D eigenvalue weighted by Gasteiger charge is -2.20. The van der Waals surface area contributed by atoms with Crippen molar-refractivity contribution in [1.29, 1.82) is 0 Å². The van der Waals surface area contributed by atoms with Gasteiger partial charge in [-0.05, 0) is 19.1 Å². The van der Waals surface area contributed by atoms with Crippen molar-refractivity contribution in [3.8, 4) is 0 Å². The molecule has 1 heterocycles. The highest BCUT2D eigenvalue weighted by atomic mass is 35.5. The zero-order valence-corrected chi connectivity index (χ0v) is 12.9. The smallest absolute Gasteiger partial charge is 0.318 e. The molecule has 4 nitrogen and oxygen atoms in total. The molecule has 2 rings (SSSR count). The van der Waals surface area contributed by atoms with Crippen LogP contribution in [0, 0.1) is 5.92 Å². The summed E-state index contributed by atoms with van der Waals surface area (Å²) >= 11 is 18.1. The van der Waals surface area contributed by atoms with Gasteiger partial charge in [0.05, 0.1) is 28.9 Å². The molecule has 0 aromatic heterocycles. The van der Waals surface area contributed by atoms with Crippen LogP contribution in [0.1, 0.15) is 6.92 Å². The lowest BCUT2D eigenvalue weighted by atomic mass is 10.1. The van der Waals surface area contributed by atoms with Crippen LogP contribution < -0.4 is 4.90 Å². The number of halogens is 3. The van der Waals surface area contributed by atoms with Crippen molar-refractivity contribution in [2.75, 3.05) is 24.6 Å². The SMILES string of the molecule is CCOC(=O)C1CN(c2c(Cl)cc(Cl)cc2Cl)CC1=O. The summed E-state index contributed by atoms with van der Waals surface area (Å²) in [6, 6.07) is 3.10. The van der Waals surface area contributed by atoms with E-state index < -0.39 is 11.9 Å². The van der Waals surface area contributed by atoms with Gasteiger partial charge in [-0.3, -0.25) is 9.59 Å². The Labute approximate surface area is 131 Å². The standard InChI is InChI=1S/C13H12Cl3NO3/c1-2-20-13(19)8-5-17(6-11(8)18)12-9(15)3-7(14)4-10(12)16/h3-4,8H,2,5-6H2,1H3. The summed E-state index contributed by atoms with van der Waals surface area (Å²) in [4.78, 5) is 25.3. The van der Waals surface area contributed by atoms with Gasteiger partial charge < -0.3 is 9.64 Å². The first-order valence-corrected chi connectivity index (χ1v) is 7.16. The molecular weight excluding hydrogens is 325 g/mol. The van der Waals surface area contributed by atoms with Gasteiger partial charge in [-0.25, -0.2) is 0 Å². The molecule has 0 spiro atoms. The Hall–Kier alpha value is -0.970. The van der Waals surface area contributed by atoms with Crippen molar-refractivity contribution in [3.05, 3.63) is 27.2 Å². The largest absolute Gasteiger partial charge is 0.465 e. The normalized spacial score (nSPS) is 18.5. The van der Waals surface area contributed by atoms with Crippen molar-refractivity contribution in [3.63, 3.8) is 0 Å². The maximum Gasteiger partial charge on any atom is 0.318 e. The number of ether oxygens (including phenoxy) is 1. The molecule has 7 heteroatoms. The highest BCUT2D eigenvalue weighted by molar-refractivity contribution is 6.42. The maximum absolute atomic E-state index is 11.9. The summed E-state index contributed by atoms with van der Waals surface area (Å²) in [7, 11) is 0. The van der Waals surface area contributed by atoms with Gasteiger partial charge in [-0.1, -0.05) is 34.8 Å². The summed E-state index contributed by atoms with van der Waals surface area (Å²) < 4.78 is 4.89. The molecule has 1 unspecified atom stereocenters. The van der Waals surface area contributed by atoms with Gasteiger partial charge in [0.25, 0.3) is 0 Å². The lowest BCUT2D eigenvalue weighted by Crippen LogP contribution is -2.26. The summed E-state index contributed by atoms with van der Waals surface area (Å²) in [5.74, 6) is -1.51. The van der Waals surface area contributed by atoms with E-state index in [2.05, 4.69) is 0 Å². The van der Waals surface area contributed by atoms with Gasteiger partial charge in [0.1, 0.15) is 5.92 Å². The average Bonchev–Trinajstić information content (AvgIpc) is 2.70. The number of hydrogen-bond donors (Lipinski definition) is 0. The molecule has 1 atom stereocenters. The molecule has 0 saturated carbocycles. The highest BCUT2D eigenvalue weighted by Crippen LogP contribution is 2.38. The molecule has 0 amide bonds. The van der Waals surface area contributed by atoms with Crippen molar-refractivity contribution in [1.82, 2.24) is 0 Å². The van der Waals surface area contributed by atoms with Gasteiger partial charge in [0, 0.05) is 11.6 Å². The first kappa shape index (κ1) is 15.4. The molecule has 1 aromatic rings. The number of hydrogen-bond acceptors (Lipinski definition) is 4. The predicted octanol–water partition coefficient (Wildman–Crippen LogP) is 3.22. The Bertz CT molecular complexity index is 539. The molecule has 1 saturated heterocycles. The second-order valence-corrected chi connectivity index (χ2v) is 5.62. The van der Waals surface area contributed by atoms with Crippen molar-refractivity contribution < 1.29 is 14.3 Å². The first-order valence-electron chi connectivity index (χ1n) is 6.03. The first-order chi connectivity index (χ1) is 9.43. The van der Waals surface area contributed by atoms with Crippen LogP contribution in [0.2, 0.25) is 15.1 Å². The van der Waals surface area contributed by atoms with Gasteiger partial charge >= 0.3 is 5.97 Å². The number of ketones is 1. The minimum Gasteiger partial charge on any atom is -0.465 e. The second kappa shape index (κ2) is 6.20. The molecule has 1 aliphatic heterocycles. The number of esters is 1. The van der Waals surface area contributed by atoms with Crippen LogP contribution in [0.15, 0.2) is 12.1 Å². The third-order valence-corrected chi connectivity index (χ3v) is 3.80. The van der Waals surface area contributed by atoms with E-state index in [0.29, 0.717) is 20.8 Å². The van der Waals surface area contributed by atoms with Crippen molar-refractivity contribution in [2.45, 2.75) is 6.92 Å². The van der Waals surface area contributed by atoms with Gasteiger partial charge in [0.2, 0.25) is 0 Å². The number of Topliss-reactive ketones (excluding diaryl/α,β-unsaturated/α-hetero) is 1. The summed E-state index contributed by atoms with van der Waals surface area (Å²) in [5, 5.41) is 1.11. The molecular formula is C13H12Cl3NO3. The van der Waals surface area contributed by atoms with Gasteiger partial charge in [0.15, 0.2) is 5.78 Å². The Balaban J connectivity index is 2.25. The molecule has 0 radical (unpaired) electrons. The fourth-order valence-corrected chi connectivity index (χ4v) is 3.20. The van der Waals surface area contributed by atoms with E-state index in [1.807, 2.05) is 0 Å². The topological polar surface area (TPSA) is 46.6 Å². The van der Waals surface area contributed by atoms with Crippen LogP contribution >= 0.6 is 34.8 Å². The minimum atomic E-state index is -0.794. The molecule has 0 N–H and O–H groups in total. The van der Waals surface area contributed by atoms with Crippen LogP contribution in [-0.4, -0.2) is 31.4 Å². The number of carbonyl (C=O) groups is 2. The summed E-state index contributed by atoms with van der Waals surface area (Å²) in [5.41, 5.74) is 0.512. The van der Waals surface area contributed by atoms with E-state index in [4.69, 9.17) is 39.5 Å². The zero-order chi connectivity index (χ0) is 14.9. The lowest BCUT2D eigenvalue weighted by molar-refractivity contribution is -0.149. The monoisotopic (exact) mass is 335 g/mol. The molecule has 108 valence electrons. The number of nitrogens with zero attached hydrogens (tertiary/aromatic N) is 1. The number of carbonyl (C=O) groups excluding carboxylic acids is 2. The summed E-state index contributed by atoms with van der Waals surface area (Å²) in [6.07, 6.45) is 0. The van der Waals surface area contributed by atoms with Crippen LogP contribution in [0.4, 0.5) is 5.69 Å². The Morgan fingerprint density at radius 3 is 2.50 bits per heavy atom. The molecule has 1 aromatic carbocycles. The Morgan fingerprint density at radius 1 is 1.35 bits per heavy atom. The van der Waals surface area contributed by atoms with Gasteiger partial charge in [-0.15, -0.1) is 0 Å². The van der Waals surface area contributed by atoms with E-state index in [-0.39, 0.29) is 25.5 Å². The van der Waals surface area contributed by atoms with E-state index in [1.165, 1.54) is 0 Å². The van der Waals surface area contributed by atoms with E-state index in [0.717, 1.165) is 0 Å². The average molecular weight is 337 g/mol. The third kappa shape index (κ3) is 3.03. The fraction of sp³-hybridized carbons (Fsp3) is 0.385. The molecule has 0 bridgehead atoms. The van der Waals surface area contributed by atoms with E-state index >= 15 is 0 Å². The van der Waals surface area contributed by atoms with E-state index in [1.54, 1.807) is 24.0 Å². The zero-order valence-electron chi connectivity index (χ0n) is 10.7. The molecule has 0 aliphatic carbocycles. The van der Waals surface area contributed by atoms with Crippen LogP contribution in [0.5, 0.6) is 0 Å². The van der Waals surface area contributed by atoms with Crippen molar-refractivity contribution >= 4 is 52.2 Å². The predicted molar refractivity (Wildman–Crippen MR) is 78.8 cm³/mol. The molecule has 20 heavy (non-hydrogen) atoms. The van der Waals surface area contributed by atoms with Crippen molar-refractivity contribution in [2.24, 2.45) is 5.92 Å². The minimum absolute atomic E-state index is 0.0740.